The number of amides is 1. The van der Waals surface area contributed by atoms with Gasteiger partial charge in [-0.2, -0.15) is 5.10 Å². The third-order valence-corrected chi connectivity index (χ3v) is 4.31. The van der Waals surface area contributed by atoms with Crippen molar-refractivity contribution in [3.63, 3.8) is 0 Å². The van der Waals surface area contributed by atoms with E-state index in [1.54, 1.807) is 31.3 Å². The van der Waals surface area contributed by atoms with E-state index < -0.39 is 17.5 Å². The van der Waals surface area contributed by atoms with Crippen molar-refractivity contribution in [3.05, 3.63) is 70.9 Å². The predicted molar refractivity (Wildman–Crippen MR) is 105 cm³/mol. The van der Waals surface area contributed by atoms with E-state index in [4.69, 9.17) is 9.47 Å². The smallest absolute Gasteiger partial charge is 0.256 e. The highest BCUT2D eigenvalue weighted by Crippen LogP contribution is 2.28. The number of benzene rings is 2. The average Bonchev–Trinajstić information content (AvgIpc) is 3.04. The summed E-state index contributed by atoms with van der Waals surface area (Å²) in [6.45, 7) is 3.99. The summed E-state index contributed by atoms with van der Waals surface area (Å²) in [6.07, 6.45) is 1.55. The number of ether oxygens (including phenoxy) is 2. The molecule has 3 rings (SSSR count). The number of anilines is 1. The highest BCUT2D eigenvalue weighted by Gasteiger charge is 2.16. The van der Waals surface area contributed by atoms with E-state index in [2.05, 4.69) is 10.4 Å². The molecule has 0 spiro atoms. The predicted octanol–water partition coefficient (Wildman–Crippen LogP) is 4.18. The number of carbonyl (C=O) groups is 1. The van der Waals surface area contributed by atoms with Crippen LogP contribution in [0.3, 0.4) is 0 Å². The summed E-state index contributed by atoms with van der Waals surface area (Å²) in [5, 5.41) is 6.96. The number of methoxy groups -OCH3 is 1. The van der Waals surface area contributed by atoms with Crippen LogP contribution in [0.5, 0.6) is 11.5 Å². The van der Waals surface area contributed by atoms with Crippen LogP contribution in [-0.2, 0) is 6.54 Å². The van der Waals surface area contributed by atoms with Crippen LogP contribution >= 0.6 is 0 Å². The Balaban J connectivity index is 1.85. The Kier molecular flexibility index (Phi) is 6.11. The van der Waals surface area contributed by atoms with Crippen molar-refractivity contribution in [1.29, 1.82) is 0 Å². The molecule has 0 saturated heterocycles. The molecule has 0 atom stereocenters. The second-order valence-corrected chi connectivity index (χ2v) is 6.32. The fraction of sp³-hybridized carbons (Fsp3) is 0.238. The Morgan fingerprint density at radius 1 is 1.17 bits per heavy atom. The maximum absolute atomic E-state index is 14.0. The number of nitrogens with zero attached hydrogens (tertiary/aromatic N) is 2. The SMILES string of the molecule is CCOc1cc(C(=O)Nc2c(C)cnn2Cc2cc(F)ccc2F)ccc1OC. The lowest BCUT2D eigenvalue weighted by Gasteiger charge is -2.13. The number of hydrogen-bond donors (Lipinski definition) is 1. The highest BCUT2D eigenvalue weighted by atomic mass is 19.1. The number of rotatable bonds is 7. The minimum atomic E-state index is -0.548. The molecule has 29 heavy (non-hydrogen) atoms. The Bertz CT molecular complexity index is 1030. The molecule has 0 saturated carbocycles. The van der Waals surface area contributed by atoms with Gasteiger partial charge in [0, 0.05) is 16.7 Å². The summed E-state index contributed by atoms with van der Waals surface area (Å²) < 4.78 is 39.6. The number of halogens is 2. The van der Waals surface area contributed by atoms with Crippen molar-refractivity contribution in [3.8, 4) is 11.5 Å². The molecular weight excluding hydrogens is 380 g/mol. The molecule has 8 heteroatoms. The third kappa shape index (κ3) is 4.53. The van der Waals surface area contributed by atoms with E-state index in [0.29, 0.717) is 35.1 Å². The lowest BCUT2D eigenvalue weighted by Crippen LogP contribution is -2.17. The molecule has 1 amide bonds. The first-order chi connectivity index (χ1) is 13.9. The largest absolute Gasteiger partial charge is 0.493 e. The molecule has 152 valence electrons. The Morgan fingerprint density at radius 3 is 2.69 bits per heavy atom. The normalized spacial score (nSPS) is 10.7. The van der Waals surface area contributed by atoms with Crippen molar-refractivity contribution < 1.29 is 23.0 Å². The first-order valence-corrected chi connectivity index (χ1v) is 9.01. The van der Waals surface area contributed by atoms with Crippen LogP contribution in [0.15, 0.2) is 42.6 Å². The van der Waals surface area contributed by atoms with Gasteiger partial charge in [0.25, 0.3) is 5.91 Å². The lowest BCUT2D eigenvalue weighted by atomic mass is 10.2. The zero-order chi connectivity index (χ0) is 21.0. The molecule has 0 aliphatic carbocycles. The molecule has 2 aromatic carbocycles. The molecule has 3 aromatic rings. The van der Waals surface area contributed by atoms with E-state index in [-0.39, 0.29) is 12.1 Å². The minimum Gasteiger partial charge on any atom is -0.493 e. The second-order valence-electron chi connectivity index (χ2n) is 6.32. The molecule has 1 heterocycles. The van der Waals surface area contributed by atoms with Crippen LogP contribution in [0.4, 0.5) is 14.6 Å². The van der Waals surface area contributed by atoms with Gasteiger partial charge in [-0.15, -0.1) is 0 Å². The van der Waals surface area contributed by atoms with Gasteiger partial charge in [0.05, 0.1) is 26.5 Å². The quantitative estimate of drug-likeness (QED) is 0.645. The van der Waals surface area contributed by atoms with Gasteiger partial charge < -0.3 is 14.8 Å². The maximum atomic E-state index is 14.0. The molecule has 1 N–H and O–H groups in total. The van der Waals surface area contributed by atoms with Gasteiger partial charge in [-0.3, -0.25) is 4.79 Å². The first-order valence-electron chi connectivity index (χ1n) is 9.01. The number of carbonyl (C=O) groups excluding carboxylic acids is 1. The summed E-state index contributed by atoms with van der Waals surface area (Å²) in [4.78, 5) is 12.8. The Labute approximate surface area is 167 Å². The number of aromatic nitrogens is 2. The molecule has 1 aromatic heterocycles. The van der Waals surface area contributed by atoms with Crippen LogP contribution in [0.2, 0.25) is 0 Å². The van der Waals surface area contributed by atoms with Gasteiger partial charge in [0.2, 0.25) is 0 Å². The van der Waals surface area contributed by atoms with Crippen LogP contribution in [0.1, 0.15) is 28.4 Å². The van der Waals surface area contributed by atoms with Gasteiger partial charge in [-0.1, -0.05) is 0 Å². The molecule has 0 bridgehead atoms. The second kappa shape index (κ2) is 8.72. The molecular formula is C21H21F2N3O3. The molecule has 0 unspecified atom stereocenters. The van der Waals surface area contributed by atoms with E-state index in [0.717, 1.165) is 18.2 Å². The Morgan fingerprint density at radius 2 is 1.97 bits per heavy atom. The summed E-state index contributed by atoms with van der Waals surface area (Å²) in [7, 11) is 1.52. The van der Waals surface area contributed by atoms with E-state index >= 15 is 0 Å². The van der Waals surface area contributed by atoms with E-state index in [1.807, 2.05) is 6.92 Å². The number of hydrogen-bond acceptors (Lipinski definition) is 4. The maximum Gasteiger partial charge on any atom is 0.256 e. The zero-order valence-corrected chi connectivity index (χ0v) is 16.3. The summed E-state index contributed by atoms with van der Waals surface area (Å²) in [6, 6.07) is 8.06. The van der Waals surface area contributed by atoms with Gasteiger partial charge in [-0.25, -0.2) is 13.5 Å². The summed E-state index contributed by atoms with van der Waals surface area (Å²) >= 11 is 0. The molecule has 0 fully saturated rings. The van der Waals surface area contributed by atoms with Gasteiger partial charge in [-0.05, 0) is 50.2 Å². The fourth-order valence-corrected chi connectivity index (χ4v) is 2.85. The van der Waals surface area contributed by atoms with Gasteiger partial charge in [0.1, 0.15) is 17.5 Å². The van der Waals surface area contributed by atoms with Gasteiger partial charge in [0.15, 0.2) is 11.5 Å². The fourth-order valence-electron chi connectivity index (χ4n) is 2.85. The Hall–Kier alpha value is -3.42. The average molecular weight is 401 g/mol. The number of aryl methyl sites for hydroxylation is 1. The van der Waals surface area contributed by atoms with Crippen molar-refractivity contribution >= 4 is 11.7 Å². The molecule has 0 aliphatic heterocycles. The standard InChI is InChI=1S/C21H21F2N3O3/c1-4-29-19-10-14(5-8-18(19)28-3)21(27)25-20-13(2)11-24-26(20)12-15-9-16(22)6-7-17(15)23/h5-11H,4,12H2,1-3H3,(H,25,27). The zero-order valence-electron chi connectivity index (χ0n) is 16.3. The van der Waals surface area contributed by atoms with Crippen LogP contribution in [0, 0.1) is 18.6 Å². The molecule has 0 aliphatic rings. The van der Waals surface area contributed by atoms with Crippen molar-refractivity contribution in [2.45, 2.75) is 20.4 Å². The first kappa shape index (κ1) is 20.3. The third-order valence-electron chi connectivity index (χ3n) is 4.31. The van der Waals surface area contributed by atoms with Gasteiger partial charge >= 0.3 is 0 Å². The summed E-state index contributed by atoms with van der Waals surface area (Å²) in [5.41, 5.74) is 1.18. The molecule has 0 radical (unpaired) electrons. The number of nitrogens with one attached hydrogen (secondary N) is 1. The van der Waals surface area contributed by atoms with Crippen LogP contribution in [-0.4, -0.2) is 29.4 Å². The monoisotopic (exact) mass is 401 g/mol. The van der Waals surface area contributed by atoms with Crippen molar-refractivity contribution in [2.24, 2.45) is 0 Å². The van der Waals surface area contributed by atoms with Crippen molar-refractivity contribution in [2.75, 3.05) is 19.0 Å². The van der Waals surface area contributed by atoms with Crippen LogP contribution in [0.25, 0.3) is 0 Å². The van der Waals surface area contributed by atoms with Crippen molar-refractivity contribution in [1.82, 2.24) is 9.78 Å². The highest BCUT2D eigenvalue weighted by molar-refractivity contribution is 6.04. The van der Waals surface area contributed by atoms with E-state index in [1.165, 1.54) is 11.8 Å². The summed E-state index contributed by atoms with van der Waals surface area (Å²) in [5.74, 6) is -0.114. The lowest BCUT2D eigenvalue weighted by molar-refractivity contribution is 0.102. The minimum absolute atomic E-state index is 0.0279. The topological polar surface area (TPSA) is 65.4 Å². The van der Waals surface area contributed by atoms with E-state index in [9.17, 15) is 13.6 Å². The molecule has 6 nitrogen and oxygen atoms in total. The van der Waals surface area contributed by atoms with Crippen LogP contribution < -0.4 is 14.8 Å².